The van der Waals surface area contributed by atoms with Gasteiger partial charge in [-0.1, -0.05) is 11.6 Å². The van der Waals surface area contributed by atoms with Gasteiger partial charge in [-0.3, -0.25) is 9.48 Å². The Morgan fingerprint density at radius 2 is 2.30 bits per heavy atom. The normalized spacial score (nSPS) is 19.2. The first-order valence-electron chi connectivity index (χ1n) is 7.47. The van der Waals surface area contributed by atoms with E-state index in [0.29, 0.717) is 17.9 Å². The van der Waals surface area contributed by atoms with Gasteiger partial charge in [0.2, 0.25) is 0 Å². The summed E-state index contributed by atoms with van der Waals surface area (Å²) in [5.74, 6) is 0.218. The predicted octanol–water partition coefficient (Wildman–Crippen LogP) is 3.33. The molecule has 1 aromatic rings. The molecule has 1 aliphatic rings. The van der Waals surface area contributed by atoms with Crippen molar-refractivity contribution in [3.8, 4) is 0 Å². The second-order valence-electron chi connectivity index (χ2n) is 5.40. The molecule has 0 spiro atoms. The SMILES string of the molecule is CCn1nc(C)c(Cl)c1CC(=O)CCC1CCCCO1. The third-order valence-electron chi connectivity index (χ3n) is 3.84. The van der Waals surface area contributed by atoms with Gasteiger partial charge in [-0.2, -0.15) is 5.10 Å². The van der Waals surface area contributed by atoms with Gasteiger partial charge in [-0.25, -0.2) is 0 Å². The lowest BCUT2D eigenvalue weighted by atomic mass is 10.0. The third-order valence-corrected chi connectivity index (χ3v) is 4.33. The lowest BCUT2D eigenvalue weighted by Gasteiger charge is -2.22. The molecule has 2 heterocycles. The van der Waals surface area contributed by atoms with E-state index in [9.17, 15) is 4.79 Å². The van der Waals surface area contributed by atoms with Crippen LogP contribution in [0.25, 0.3) is 0 Å². The minimum Gasteiger partial charge on any atom is -0.378 e. The van der Waals surface area contributed by atoms with Crippen molar-refractivity contribution in [2.75, 3.05) is 6.61 Å². The second-order valence-corrected chi connectivity index (χ2v) is 5.78. The largest absolute Gasteiger partial charge is 0.378 e. The Balaban J connectivity index is 1.87. The van der Waals surface area contributed by atoms with E-state index in [-0.39, 0.29) is 11.9 Å². The molecule has 112 valence electrons. The highest BCUT2D eigenvalue weighted by atomic mass is 35.5. The zero-order valence-electron chi connectivity index (χ0n) is 12.3. The Hall–Kier alpha value is -0.870. The van der Waals surface area contributed by atoms with Gasteiger partial charge in [0.05, 0.1) is 22.5 Å². The zero-order chi connectivity index (χ0) is 14.5. The monoisotopic (exact) mass is 298 g/mol. The van der Waals surface area contributed by atoms with Crippen molar-refractivity contribution >= 4 is 17.4 Å². The van der Waals surface area contributed by atoms with Crippen LogP contribution in [0.1, 0.15) is 50.4 Å². The van der Waals surface area contributed by atoms with E-state index >= 15 is 0 Å². The molecule has 0 aromatic carbocycles. The fourth-order valence-corrected chi connectivity index (χ4v) is 2.87. The number of hydrogen-bond acceptors (Lipinski definition) is 3. The quantitative estimate of drug-likeness (QED) is 0.809. The fourth-order valence-electron chi connectivity index (χ4n) is 2.67. The van der Waals surface area contributed by atoms with Crippen LogP contribution in [0.15, 0.2) is 0 Å². The molecule has 1 saturated heterocycles. The molecule has 5 heteroatoms. The van der Waals surface area contributed by atoms with Gasteiger partial charge in [-0.05, 0) is 39.5 Å². The third kappa shape index (κ3) is 3.83. The highest BCUT2D eigenvalue weighted by Gasteiger charge is 2.18. The van der Waals surface area contributed by atoms with Crippen LogP contribution in [0.2, 0.25) is 5.02 Å². The van der Waals surface area contributed by atoms with E-state index in [1.54, 1.807) is 0 Å². The van der Waals surface area contributed by atoms with Crippen molar-refractivity contribution in [2.24, 2.45) is 0 Å². The lowest BCUT2D eigenvalue weighted by Crippen LogP contribution is -2.20. The molecule has 0 bridgehead atoms. The van der Waals surface area contributed by atoms with Crippen molar-refractivity contribution in [3.05, 3.63) is 16.4 Å². The highest BCUT2D eigenvalue weighted by Crippen LogP contribution is 2.22. The molecule has 1 fully saturated rings. The van der Waals surface area contributed by atoms with Crippen LogP contribution in [-0.4, -0.2) is 28.3 Å². The number of ketones is 1. The van der Waals surface area contributed by atoms with Gasteiger partial charge < -0.3 is 4.74 Å². The molecule has 0 aliphatic carbocycles. The van der Waals surface area contributed by atoms with Crippen molar-refractivity contribution in [1.29, 1.82) is 0 Å². The molecular formula is C15H23ClN2O2. The van der Waals surface area contributed by atoms with E-state index in [1.807, 2.05) is 18.5 Å². The van der Waals surface area contributed by atoms with Crippen molar-refractivity contribution < 1.29 is 9.53 Å². The topological polar surface area (TPSA) is 44.1 Å². The van der Waals surface area contributed by atoms with E-state index < -0.39 is 0 Å². The number of aromatic nitrogens is 2. The van der Waals surface area contributed by atoms with E-state index in [1.165, 1.54) is 6.42 Å². The summed E-state index contributed by atoms with van der Waals surface area (Å²) in [5.41, 5.74) is 1.65. The van der Waals surface area contributed by atoms with E-state index in [2.05, 4.69) is 5.10 Å². The number of ether oxygens (including phenoxy) is 1. The minimum atomic E-state index is 0.218. The van der Waals surface area contributed by atoms with Crippen molar-refractivity contribution in [2.45, 2.75) is 65.0 Å². The van der Waals surface area contributed by atoms with Gasteiger partial charge in [-0.15, -0.1) is 0 Å². The molecule has 0 radical (unpaired) electrons. The minimum absolute atomic E-state index is 0.218. The number of rotatable bonds is 6. The molecule has 1 aliphatic heterocycles. The van der Waals surface area contributed by atoms with Crippen molar-refractivity contribution in [1.82, 2.24) is 9.78 Å². The van der Waals surface area contributed by atoms with Crippen LogP contribution in [0.5, 0.6) is 0 Å². The van der Waals surface area contributed by atoms with Crippen molar-refractivity contribution in [3.63, 3.8) is 0 Å². The van der Waals surface area contributed by atoms with Gasteiger partial charge in [0, 0.05) is 26.0 Å². The summed E-state index contributed by atoms with van der Waals surface area (Å²) < 4.78 is 7.48. The second kappa shape index (κ2) is 7.23. The summed E-state index contributed by atoms with van der Waals surface area (Å²) in [6.45, 7) is 5.46. The molecule has 4 nitrogen and oxygen atoms in total. The maximum Gasteiger partial charge on any atom is 0.138 e. The highest BCUT2D eigenvalue weighted by molar-refractivity contribution is 6.32. The van der Waals surface area contributed by atoms with Gasteiger partial charge >= 0.3 is 0 Å². The smallest absolute Gasteiger partial charge is 0.138 e. The molecule has 1 aromatic heterocycles. The van der Waals surface area contributed by atoms with E-state index in [0.717, 1.165) is 43.8 Å². The van der Waals surface area contributed by atoms with E-state index in [4.69, 9.17) is 16.3 Å². The van der Waals surface area contributed by atoms with Crippen LogP contribution < -0.4 is 0 Å². The summed E-state index contributed by atoms with van der Waals surface area (Å²) in [5, 5.41) is 4.97. The average Bonchev–Trinajstić information content (AvgIpc) is 2.74. The first-order chi connectivity index (χ1) is 9.61. The maximum absolute atomic E-state index is 12.1. The number of nitrogens with zero attached hydrogens (tertiary/aromatic N) is 2. The summed E-state index contributed by atoms with van der Waals surface area (Å²) in [6.07, 6.45) is 5.48. The van der Waals surface area contributed by atoms with Crippen LogP contribution >= 0.6 is 11.6 Å². The van der Waals surface area contributed by atoms with Gasteiger partial charge in [0.1, 0.15) is 5.78 Å². The van der Waals surface area contributed by atoms with Gasteiger partial charge in [0.15, 0.2) is 0 Å². The zero-order valence-corrected chi connectivity index (χ0v) is 13.1. The van der Waals surface area contributed by atoms with Crippen LogP contribution in [0, 0.1) is 6.92 Å². The first kappa shape index (κ1) is 15.5. The maximum atomic E-state index is 12.1. The Morgan fingerprint density at radius 1 is 1.50 bits per heavy atom. The molecule has 0 saturated carbocycles. The summed E-state index contributed by atoms with van der Waals surface area (Å²) in [6, 6.07) is 0. The average molecular weight is 299 g/mol. The predicted molar refractivity (Wildman–Crippen MR) is 79.2 cm³/mol. The number of halogens is 1. The lowest BCUT2D eigenvalue weighted by molar-refractivity contribution is -0.119. The summed E-state index contributed by atoms with van der Waals surface area (Å²) in [7, 11) is 0. The molecule has 0 amide bonds. The number of aryl methyl sites for hydroxylation is 2. The first-order valence-corrected chi connectivity index (χ1v) is 7.84. The Bertz CT molecular complexity index is 465. The number of hydrogen-bond donors (Lipinski definition) is 0. The Kier molecular flexibility index (Phi) is 5.61. The molecule has 1 atom stereocenters. The van der Waals surface area contributed by atoms with Crippen LogP contribution in [0.4, 0.5) is 0 Å². The molecular weight excluding hydrogens is 276 g/mol. The van der Waals surface area contributed by atoms with Crippen LogP contribution in [-0.2, 0) is 22.5 Å². The molecule has 0 N–H and O–H groups in total. The number of carbonyl (C=O) groups is 1. The van der Waals surface area contributed by atoms with Crippen LogP contribution in [0.3, 0.4) is 0 Å². The van der Waals surface area contributed by atoms with Gasteiger partial charge in [0.25, 0.3) is 0 Å². The Morgan fingerprint density at radius 3 is 2.95 bits per heavy atom. The molecule has 2 rings (SSSR count). The summed E-state index contributed by atoms with van der Waals surface area (Å²) in [4.78, 5) is 12.1. The standard InChI is InChI=1S/C15H23ClN2O2/c1-3-18-14(15(16)11(2)17-18)10-12(19)7-8-13-6-4-5-9-20-13/h13H,3-10H2,1-2H3. The molecule has 1 unspecified atom stereocenters. The Labute approximate surface area is 125 Å². The fraction of sp³-hybridized carbons (Fsp3) is 0.733. The molecule has 20 heavy (non-hydrogen) atoms. The summed E-state index contributed by atoms with van der Waals surface area (Å²) >= 11 is 6.23. The number of carbonyl (C=O) groups excluding carboxylic acids is 1. The number of Topliss-reactive ketones (excluding diaryl/α,β-unsaturated/α-hetero) is 1.